The molecule has 0 N–H and O–H groups in total. The van der Waals surface area contributed by atoms with Crippen LogP contribution in [0.1, 0.15) is 28.2 Å². The van der Waals surface area contributed by atoms with E-state index in [1.54, 1.807) is 48.6 Å². The van der Waals surface area contributed by atoms with Crippen molar-refractivity contribution in [3.63, 3.8) is 0 Å². The van der Waals surface area contributed by atoms with Crippen LogP contribution >= 0.6 is 11.6 Å². The van der Waals surface area contributed by atoms with Crippen molar-refractivity contribution in [3.05, 3.63) is 83.0 Å². The summed E-state index contributed by atoms with van der Waals surface area (Å²) in [5.41, 5.74) is 1.35. The molecule has 3 aromatic rings. The second-order valence-corrected chi connectivity index (χ2v) is 7.90. The molecule has 7 nitrogen and oxygen atoms in total. The number of benzene rings is 1. The molecule has 2 amide bonds. The number of methoxy groups -OCH3 is 1. The number of furan rings is 1. The number of ether oxygens (including phenoxy) is 1. The van der Waals surface area contributed by atoms with E-state index in [0.29, 0.717) is 49.0 Å². The summed E-state index contributed by atoms with van der Waals surface area (Å²) in [5, 5.41) is 0.359. The molecule has 170 valence electrons. The van der Waals surface area contributed by atoms with Crippen LogP contribution < -0.4 is 0 Å². The Balaban J connectivity index is 1.80. The predicted molar refractivity (Wildman–Crippen MR) is 122 cm³/mol. The maximum atomic E-state index is 13.4. The second kappa shape index (κ2) is 11.5. The highest BCUT2D eigenvalue weighted by atomic mass is 35.5. The topological polar surface area (TPSA) is 67.9 Å². The van der Waals surface area contributed by atoms with Gasteiger partial charge in [0.1, 0.15) is 12.3 Å². The van der Waals surface area contributed by atoms with Crippen LogP contribution in [-0.4, -0.2) is 53.0 Å². The fraction of sp³-hybridized carbons (Fsp3) is 0.333. The van der Waals surface area contributed by atoms with Crippen LogP contribution in [0.15, 0.2) is 65.4 Å². The molecule has 32 heavy (non-hydrogen) atoms. The van der Waals surface area contributed by atoms with Gasteiger partial charge in [-0.1, -0.05) is 23.7 Å². The van der Waals surface area contributed by atoms with Gasteiger partial charge in [-0.3, -0.25) is 9.59 Å². The van der Waals surface area contributed by atoms with Crippen LogP contribution in [0, 0.1) is 0 Å². The number of hydrogen-bond acceptors (Lipinski definition) is 4. The van der Waals surface area contributed by atoms with Gasteiger partial charge < -0.3 is 23.5 Å². The van der Waals surface area contributed by atoms with Gasteiger partial charge in [-0.25, -0.2) is 0 Å². The zero-order chi connectivity index (χ0) is 22.9. The minimum absolute atomic E-state index is 0.0705. The number of carbonyl (C=O) groups excluding carboxylic acids is 2. The van der Waals surface area contributed by atoms with Crippen LogP contribution in [-0.2, 0) is 29.7 Å². The molecule has 0 unspecified atom stereocenters. The first-order chi connectivity index (χ1) is 15.5. The van der Waals surface area contributed by atoms with Crippen molar-refractivity contribution in [1.82, 2.24) is 14.4 Å². The minimum Gasteiger partial charge on any atom is -0.467 e. The molecule has 2 aromatic heterocycles. The number of aryl methyl sites for hydroxylation is 1. The van der Waals surface area contributed by atoms with Gasteiger partial charge in [0.05, 0.1) is 29.9 Å². The summed E-state index contributed by atoms with van der Waals surface area (Å²) in [6.07, 6.45) is 4.12. The van der Waals surface area contributed by atoms with Crippen molar-refractivity contribution in [2.75, 3.05) is 26.8 Å². The molecule has 2 heterocycles. The number of halogens is 1. The Labute approximate surface area is 193 Å². The summed E-state index contributed by atoms with van der Waals surface area (Å²) >= 11 is 6.25. The number of nitrogens with zero attached hydrogens (tertiary/aromatic N) is 3. The van der Waals surface area contributed by atoms with E-state index >= 15 is 0 Å². The zero-order valence-corrected chi connectivity index (χ0v) is 19.1. The third kappa shape index (κ3) is 6.24. The third-order valence-corrected chi connectivity index (χ3v) is 5.51. The average Bonchev–Trinajstić information content (AvgIpc) is 3.44. The van der Waals surface area contributed by atoms with E-state index in [1.807, 2.05) is 36.0 Å². The van der Waals surface area contributed by atoms with Gasteiger partial charge in [0.2, 0.25) is 5.91 Å². The van der Waals surface area contributed by atoms with Gasteiger partial charge in [-0.15, -0.1) is 0 Å². The summed E-state index contributed by atoms with van der Waals surface area (Å²) in [4.78, 5) is 29.8. The molecule has 0 saturated heterocycles. The fourth-order valence-corrected chi connectivity index (χ4v) is 3.62. The normalized spacial score (nSPS) is 10.8. The first-order valence-electron chi connectivity index (χ1n) is 10.4. The molecule has 0 aliphatic heterocycles. The Hall–Kier alpha value is -3.03. The van der Waals surface area contributed by atoms with Gasteiger partial charge in [0.25, 0.3) is 5.91 Å². The van der Waals surface area contributed by atoms with E-state index in [2.05, 4.69) is 0 Å². The monoisotopic (exact) mass is 457 g/mol. The third-order valence-electron chi connectivity index (χ3n) is 5.18. The highest BCUT2D eigenvalue weighted by Crippen LogP contribution is 2.18. The lowest BCUT2D eigenvalue weighted by Crippen LogP contribution is -2.43. The Morgan fingerprint density at radius 1 is 1.06 bits per heavy atom. The smallest absolute Gasteiger partial charge is 0.255 e. The first-order valence-corrected chi connectivity index (χ1v) is 10.8. The minimum atomic E-state index is -0.281. The molecule has 0 atom stereocenters. The van der Waals surface area contributed by atoms with Crippen LogP contribution in [0.3, 0.4) is 0 Å². The van der Waals surface area contributed by atoms with Crippen molar-refractivity contribution in [1.29, 1.82) is 0 Å². The van der Waals surface area contributed by atoms with Crippen molar-refractivity contribution in [3.8, 4) is 0 Å². The van der Waals surface area contributed by atoms with Crippen LogP contribution in [0.2, 0.25) is 5.02 Å². The van der Waals surface area contributed by atoms with Gasteiger partial charge in [-0.05, 0) is 42.8 Å². The Morgan fingerprint density at radius 3 is 2.53 bits per heavy atom. The standard InChI is InChI=1S/C24H28ClN3O4/c1-26-12-5-8-19(26)16-28(17-20-9-6-15-32-20)23(29)18-27(13-7-14-31-2)24(30)21-10-3-4-11-22(21)25/h3-6,8-12,15H,7,13-14,16-18H2,1-2H3. The van der Waals surface area contributed by atoms with Crippen molar-refractivity contribution >= 4 is 23.4 Å². The zero-order valence-electron chi connectivity index (χ0n) is 18.4. The maximum Gasteiger partial charge on any atom is 0.255 e. The highest BCUT2D eigenvalue weighted by molar-refractivity contribution is 6.33. The van der Waals surface area contributed by atoms with Crippen LogP contribution in [0.4, 0.5) is 0 Å². The highest BCUT2D eigenvalue weighted by Gasteiger charge is 2.24. The van der Waals surface area contributed by atoms with E-state index in [1.165, 1.54) is 4.90 Å². The molecular formula is C24H28ClN3O4. The summed E-state index contributed by atoms with van der Waals surface area (Å²) < 4.78 is 12.6. The lowest BCUT2D eigenvalue weighted by atomic mass is 10.2. The molecule has 1 aromatic carbocycles. The molecule has 0 bridgehead atoms. The molecule has 8 heteroatoms. The SMILES string of the molecule is COCCCN(CC(=O)N(Cc1ccco1)Cc1cccn1C)C(=O)c1ccccc1Cl. The number of hydrogen-bond donors (Lipinski definition) is 0. The molecule has 0 saturated carbocycles. The van der Waals surface area contributed by atoms with Gasteiger partial charge in [0, 0.05) is 39.2 Å². The van der Waals surface area contributed by atoms with Gasteiger partial charge in [-0.2, -0.15) is 0 Å². The van der Waals surface area contributed by atoms with Crippen molar-refractivity contribution in [2.24, 2.45) is 7.05 Å². The summed E-state index contributed by atoms with van der Waals surface area (Å²) in [6.45, 7) is 1.50. The molecule has 0 fully saturated rings. The molecule has 0 spiro atoms. The number of carbonyl (C=O) groups is 2. The quantitative estimate of drug-likeness (QED) is 0.408. The average molecular weight is 458 g/mol. The van der Waals surface area contributed by atoms with Crippen molar-refractivity contribution < 1.29 is 18.7 Å². The summed E-state index contributed by atoms with van der Waals surface area (Å²) in [7, 11) is 3.54. The second-order valence-electron chi connectivity index (χ2n) is 7.49. The van der Waals surface area contributed by atoms with E-state index < -0.39 is 0 Å². The fourth-order valence-electron chi connectivity index (χ4n) is 3.40. The Morgan fingerprint density at radius 2 is 1.88 bits per heavy atom. The molecule has 0 aliphatic carbocycles. The van der Waals surface area contributed by atoms with Crippen molar-refractivity contribution in [2.45, 2.75) is 19.5 Å². The predicted octanol–water partition coefficient (Wildman–Crippen LogP) is 3.98. The Kier molecular flexibility index (Phi) is 8.53. The van der Waals surface area contributed by atoms with E-state index in [0.717, 1.165) is 5.69 Å². The molecule has 3 rings (SSSR count). The first kappa shape index (κ1) is 23.6. The van der Waals surface area contributed by atoms with Gasteiger partial charge in [0.15, 0.2) is 0 Å². The molecule has 0 aliphatic rings. The Bertz CT molecular complexity index is 1020. The lowest BCUT2D eigenvalue weighted by Gasteiger charge is -2.28. The maximum absolute atomic E-state index is 13.4. The van der Waals surface area contributed by atoms with Crippen LogP contribution in [0.5, 0.6) is 0 Å². The van der Waals surface area contributed by atoms with Gasteiger partial charge >= 0.3 is 0 Å². The van der Waals surface area contributed by atoms with E-state index in [4.69, 9.17) is 20.8 Å². The number of rotatable bonds is 11. The van der Waals surface area contributed by atoms with Crippen LogP contribution in [0.25, 0.3) is 0 Å². The molecule has 0 radical (unpaired) electrons. The largest absolute Gasteiger partial charge is 0.467 e. The lowest BCUT2D eigenvalue weighted by molar-refractivity contribution is -0.133. The summed E-state index contributed by atoms with van der Waals surface area (Å²) in [6, 6.07) is 14.4. The molecular weight excluding hydrogens is 430 g/mol. The van der Waals surface area contributed by atoms with E-state index in [9.17, 15) is 9.59 Å². The van der Waals surface area contributed by atoms with E-state index in [-0.39, 0.29) is 18.4 Å². The number of aromatic nitrogens is 1. The number of amides is 2. The summed E-state index contributed by atoms with van der Waals surface area (Å²) in [5.74, 6) is 0.216.